The van der Waals surface area contributed by atoms with Crippen molar-refractivity contribution in [3.8, 4) is 0 Å². The molecule has 0 aromatic heterocycles. The predicted molar refractivity (Wildman–Crippen MR) is 128 cm³/mol. The van der Waals surface area contributed by atoms with Crippen molar-refractivity contribution in [1.82, 2.24) is 0 Å². The first-order chi connectivity index (χ1) is 15.0. The van der Waals surface area contributed by atoms with Gasteiger partial charge in [-0.2, -0.15) is 0 Å². The average Bonchev–Trinajstić information content (AvgIpc) is 2.75. The standard InChI is InChI=1S/C26H29NO4S/c1-16-17(2)19(4)25(20(5)18(16)3)32(30,31)27-23-14-11-21(12-15-23)10-13-22-8-6-7-9-24(22)26(28)29/h6-9,11-12,14-15,27H,10,13H2,1-5H3,(H,28,29). The van der Waals surface area contributed by atoms with Crippen LogP contribution in [0.5, 0.6) is 0 Å². The molecule has 0 aliphatic heterocycles. The van der Waals surface area contributed by atoms with Crippen molar-refractivity contribution in [1.29, 1.82) is 0 Å². The largest absolute Gasteiger partial charge is 0.478 e. The molecule has 0 aliphatic carbocycles. The molecular weight excluding hydrogens is 422 g/mol. The molecule has 0 fully saturated rings. The van der Waals surface area contributed by atoms with Crippen molar-refractivity contribution in [3.63, 3.8) is 0 Å². The summed E-state index contributed by atoms with van der Waals surface area (Å²) in [4.78, 5) is 11.7. The lowest BCUT2D eigenvalue weighted by atomic mass is 9.95. The maximum absolute atomic E-state index is 13.2. The summed E-state index contributed by atoms with van der Waals surface area (Å²) in [6, 6.07) is 14.2. The van der Waals surface area contributed by atoms with Crippen LogP contribution in [0.15, 0.2) is 53.4 Å². The van der Waals surface area contributed by atoms with Crippen LogP contribution in [-0.2, 0) is 22.9 Å². The molecule has 3 aromatic rings. The Morgan fingerprint density at radius 1 is 0.781 bits per heavy atom. The van der Waals surface area contributed by atoms with Gasteiger partial charge in [0.05, 0.1) is 10.5 Å². The van der Waals surface area contributed by atoms with Gasteiger partial charge >= 0.3 is 5.97 Å². The number of carboxylic acid groups (broad SMARTS) is 1. The van der Waals surface area contributed by atoms with Crippen molar-refractivity contribution in [2.75, 3.05) is 4.72 Å². The van der Waals surface area contributed by atoms with Crippen molar-refractivity contribution in [2.45, 2.75) is 52.4 Å². The van der Waals surface area contributed by atoms with E-state index in [1.807, 2.05) is 58.9 Å². The molecular formula is C26H29NO4S. The van der Waals surface area contributed by atoms with Crippen LogP contribution >= 0.6 is 0 Å². The highest BCUT2D eigenvalue weighted by atomic mass is 32.2. The zero-order valence-corrected chi connectivity index (χ0v) is 19.9. The van der Waals surface area contributed by atoms with Gasteiger partial charge in [0.25, 0.3) is 10.0 Å². The molecule has 3 rings (SSSR count). The number of nitrogens with one attached hydrogen (secondary N) is 1. The molecule has 0 saturated heterocycles. The van der Waals surface area contributed by atoms with E-state index in [-0.39, 0.29) is 0 Å². The SMILES string of the molecule is Cc1c(C)c(C)c(S(=O)(=O)Nc2ccc(CCc3ccccc3C(=O)O)cc2)c(C)c1C. The van der Waals surface area contributed by atoms with Gasteiger partial charge in [0.1, 0.15) is 0 Å². The number of hydrogen-bond donors (Lipinski definition) is 2. The van der Waals surface area contributed by atoms with Gasteiger partial charge in [-0.25, -0.2) is 13.2 Å². The lowest BCUT2D eigenvalue weighted by molar-refractivity contribution is 0.0695. The van der Waals surface area contributed by atoms with E-state index in [4.69, 9.17) is 0 Å². The van der Waals surface area contributed by atoms with Gasteiger partial charge in [-0.05, 0) is 105 Å². The molecule has 0 saturated carbocycles. The molecule has 0 aliphatic rings. The second-order valence-electron chi connectivity index (χ2n) is 8.22. The number of benzene rings is 3. The molecule has 6 heteroatoms. The van der Waals surface area contributed by atoms with E-state index < -0.39 is 16.0 Å². The van der Waals surface area contributed by atoms with Gasteiger partial charge in [-0.15, -0.1) is 0 Å². The molecule has 168 valence electrons. The molecule has 0 bridgehead atoms. The predicted octanol–water partition coefficient (Wildman–Crippen LogP) is 5.51. The zero-order valence-electron chi connectivity index (χ0n) is 19.1. The highest BCUT2D eigenvalue weighted by Gasteiger charge is 2.23. The first-order valence-electron chi connectivity index (χ1n) is 10.5. The topological polar surface area (TPSA) is 83.5 Å². The number of aryl methyl sites for hydroxylation is 2. The first kappa shape index (κ1) is 23.5. The van der Waals surface area contributed by atoms with Gasteiger partial charge in [-0.3, -0.25) is 4.72 Å². The van der Waals surface area contributed by atoms with Crippen LogP contribution in [0, 0.1) is 34.6 Å². The van der Waals surface area contributed by atoms with E-state index >= 15 is 0 Å². The van der Waals surface area contributed by atoms with E-state index in [0.29, 0.717) is 29.0 Å². The lowest BCUT2D eigenvalue weighted by Crippen LogP contribution is -2.17. The second kappa shape index (κ2) is 9.17. The quantitative estimate of drug-likeness (QED) is 0.496. The minimum absolute atomic E-state index is 0.311. The number of sulfonamides is 1. The maximum Gasteiger partial charge on any atom is 0.335 e. The third-order valence-corrected chi connectivity index (χ3v) is 7.99. The lowest BCUT2D eigenvalue weighted by Gasteiger charge is -2.19. The molecule has 0 radical (unpaired) electrons. The van der Waals surface area contributed by atoms with E-state index in [2.05, 4.69) is 4.72 Å². The Kier molecular flexibility index (Phi) is 6.74. The summed E-state index contributed by atoms with van der Waals surface area (Å²) in [6.07, 6.45) is 1.25. The van der Waals surface area contributed by atoms with Crippen molar-refractivity contribution >= 4 is 21.7 Å². The summed E-state index contributed by atoms with van der Waals surface area (Å²) in [5, 5.41) is 9.32. The number of hydrogen-bond acceptors (Lipinski definition) is 3. The number of carbonyl (C=O) groups is 1. The number of rotatable bonds is 7. The van der Waals surface area contributed by atoms with Crippen LogP contribution in [0.2, 0.25) is 0 Å². The number of carboxylic acids is 1. The highest BCUT2D eigenvalue weighted by Crippen LogP contribution is 2.30. The normalized spacial score (nSPS) is 11.4. The average molecular weight is 452 g/mol. The molecule has 5 nitrogen and oxygen atoms in total. The smallest absolute Gasteiger partial charge is 0.335 e. The third-order valence-electron chi connectivity index (χ3n) is 6.34. The van der Waals surface area contributed by atoms with Gasteiger partial charge in [-0.1, -0.05) is 30.3 Å². The van der Waals surface area contributed by atoms with E-state index in [0.717, 1.165) is 38.9 Å². The summed E-state index contributed by atoms with van der Waals surface area (Å²) in [5.74, 6) is -0.933. The maximum atomic E-state index is 13.2. The molecule has 0 atom stereocenters. The Morgan fingerprint density at radius 2 is 1.31 bits per heavy atom. The molecule has 2 N–H and O–H groups in total. The van der Waals surface area contributed by atoms with Crippen LogP contribution < -0.4 is 4.72 Å². The molecule has 0 unspecified atom stereocenters. The molecule has 32 heavy (non-hydrogen) atoms. The van der Waals surface area contributed by atoms with Gasteiger partial charge in [0.15, 0.2) is 0 Å². The van der Waals surface area contributed by atoms with Crippen LogP contribution in [0.1, 0.15) is 49.3 Å². The summed E-state index contributed by atoms with van der Waals surface area (Å²) < 4.78 is 29.1. The van der Waals surface area contributed by atoms with Crippen molar-refractivity contribution in [3.05, 3.63) is 93.0 Å². The van der Waals surface area contributed by atoms with E-state index in [1.165, 1.54) is 0 Å². The first-order valence-corrected chi connectivity index (χ1v) is 12.0. The van der Waals surface area contributed by atoms with Crippen molar-refractivity contribution in [2.24, 2.45) is 0 Å². The van der Waals surface area contributed by atoms with Crippen LogP contribution in [0.4, 0.5) is 5.69 Å². The molecule has 0 spiro atoms. The molecule has 0 amide bonds. The Morgan fingerprint density at radius 3 is 1.88 bits per heavy atom. The minimum atomic E-state index is -3.73. The fourth-order valence-corrected chi connectivity index (χ4v) is 5.70. The van der Waals surface area contributed by atoms with Crippen LogP contribution in [0.25, 0.3) is 0 Å². The highest BCUT2D eigenvalue weighted by molar-refractivity contribution is 7.92. The van der Waals surface area contributed by atoms with Gasteiger partial charge in [0.2, 0.25) is 0 Å². The fourth-order valence-electron chi connectivity index (χ4n) is 4.04. The van der Waals surface area contributed by atoms with Crippen LogP contribution in [0.3, 0.4) is 0 Å². The fraction of sp³-hybridized carbons (Fsp3) is 0.269. The zero-order chi connectivity index (χ0) is 23.6. The second-order valence-corrected chi connectivity index (χ2v) is 9.84. The Labute approximate surface area is 190 Å². The minimum Gasteiger partial charge on any atom is -0.478 e. The number of aromatic carboxylic acids is 1. The monoisotopic (exact) mass is 451 g/mol. The van der Waals surface area contributed by atoms with Gasteiger partial charge < -0.3 is 5.11 Å². The Bertz CT molecular complexity index is 1250. The molecule has 3 aromatic carbocycles. The summed E-state index contributed by atoms with van der Waals surface area (Å²) in [6.45, 7) is 9.62. The summed E-state index contributed by atoms with van der Waals surface area (Å²) in [5.41, 5.74) is 7.23. The summed E-state index contributed by atoms with van der Waals surface area (Å²) >= 11 is 0. The Hall–Kier alpha value is -3.12. The van der Waals surface area contributed by atoms with E-state index in [9.17, 15) is 18.3 Å². The van der Waals surface area contributed by atoms with Gasteiger partial charge in [0, 0.05) is 5.69 Å². The summed E-state index contributed by atoms with van der Waals surface area (Å²) in [7, 11) is -3.73. The Balaban J connectivity index is 1.79. The molecule has 0 heterocycles. The van der Waals surface area contributed by atoms with Crippen LogP contribution in [-0.4, -0.2) is 19.5 Å². The third kappa shape index (κ3) is 4.70. The van der Waals surface area contributed by atoms with Crippen molar-refractivity contribution < 1.29 is 18.3 Å². The number of anilines is 1. The van der Waals surface area contributed by atoms with E-state index in [1.54, 1.807) is 24.3 Å².